The van der Waals surface area contributed by atoms with Crippen molar-refractivity contribution in [3.63, 3.8) is 0 Å². The highest BCUT2D eigenvalue weighted by atomic mass is 35.5. The van der Waals surface area contributed by atoms with E-state index in [9.17, 15) is 4.79 Å². The monoisotopic (exact) mass is 480 g/mol. The van der Waals surface area contributed by atoms with E-state index in [0.717, 1.165) is 5.56 Å². The van der Waals surface area contributed by atoms with Crippen molar-refractivity contribution in [1.82, 2.24) is 10.3 Å². The molecule has 1 aromatic heterocycles. The number of alkyl halides is 1. The number of allylic oxidation sites excluding steroid dienone is 2. The highest BCUT2D eigenvalue weighted by molar-refractivity contribution is 6.32. The molecule has 3 atom stereocenters. The van der Waals surface area contributed by atoms with Crippen LogP contribution in [0, 0.1) is 5.41 Å². The first kappa shape index (κ1) is 22.7. The fourth-order valence-electron chi connectivity index (χ4n) is 3.63. The molecule has 3 unspecified atom stereocenters. The molecule has 5 N–H and O–H groups in total. The van der Waals surface area contributed by atoms with E-state index in [0.29, 0.717) is 21.9 Å². The zero-order chi connectivity index (χ0) is 23.4. The third-order valence-electron chi connectivity index (χ3n) is 5.34. The number of rotatable bonds is 7. The van der Waals surface area contributed by atoms with Crippen LogP contribution in [-0.4, -0.2) is 22.8 Å². The second-order valence-electron chi connectivity index (χ2n) is 7.59. The number of benzene rings is 2. The summed E-state index contributed by atoms with van der Waals surface area (Å²) < 4.78 is 6.10. The molecule has 0 aliphatic heterocycles. The van der Waals surface area contributed by atoms with Gasteiger partial charge in [0.05, 0.1) is 6.04 Å². The summed E-state index contributed by atoms with van der Waals surface area (Å²) in [5.41, 5.74) is 7.55. The summed E-state index contributed by atoms with van der Waals surface area (Å²) in [4.78, 5) is 15.5. The number of hydrogen-bond acceptors (Lipinski definition) is 3. The van der Waals surface area contributed by atoms with Gasteiger partial charge in [0, 0.05) is 28.6 Å². The van der Waals surface area contributed by atoms with Gasteiger partial charge in [-0.05, 0) is 35.9 Å². The minimum Gasteiger partial charge on any atom is -0.476 e. The Labute approximate surface area is 201 Å². The lowest BCUT2D eigenvalue weighted by Gasteiger charge is -2.34. The van der Waals surface area contributed by atoms with Crippen LogP contribution in [0.15, 0.2) is 96.3 Å². The summed E-state index contributed by atoms with van der Waals surface area (Å²) in [7, 11) is 0. The van der Waals surface area contributed by atoms with Crippen LogP contribution in [0.5, 0.6) is 5.75 Å². The molecule has 0 bridgehead atoms. The van der Waals surface area contributed by atoms with E-state index in [1.165, 1.54) is 0 Å². The number of nitrogens with one attached hydrogen (secondary N) is 3. The van der Waals surface area contributed by atoms with Gasteiger partial charge in [0.15, 0.2) is 0 Å². The van der Waals surface area contributed by atoms with Crippen molar-refractivity contribution < 1.29 is 9.53 Å². The van der Waals surface area contributed by atoms with Gasteiger partial charge in [0.2, 0.25) is 6.10 Å². The van der Waals surface area contributed by atoms with Gasteiger partial charge in [-0.25, -0.2) is 0 Å². The number of hydrogen-bond donors (Lipinski definition) is 4. The van der Waals surface area contributed by atoms with Crippen molar-refractivity contribution in [2.45, 2.75) is 17.0 Å². The number of aromatic amines is 1. The summed E-state index contributed by atoms with van der Waals surface area (Å²) in [5, 5.41) is 11.1. The zero-order valence-corrected chi connectivity index (χ0v) is 19.0. The Morgan fingerprint density at radius 1 is 1.18 bits per heavy atom. The third-order valence-corrected chi connectivity index (χ3v) is 6.17. The number of ether oxygens (including phenoxy) is 1. The summed E-state index contributed by atoms with van der Waals surface area (Å²) in [6.07, 6.45) is 7.75. The number of amides is 1. The maximum absolute atomic E-state index is 13.5. The molecule has 6 nitrogen and oxygen atoms in total. The summed E-state index contributed by atoms with van der Waals surface area (Å²) >= 11 is 13.2. The van der Waals surface area contributed by atoms with Crippen LogP contribution in [0.2, 0.25) is 0 Å². The Morgan fingerprint density at radius 3 is 2.67 bits per heavy atom. The molecule has 33 heavy (non-hydrogen) atoms. The molecule has 0 radical (unpaired) electrons. The van der Waals surface area contributed by atoms with E-state index >= 15 is 0 Å². The van der Waals surface area contributed by atoms with Crippen molar-refractivity contribution in [3.8, 4) is 5.75 Å². The van der Waals surface area contributed by atoms with Gasteiger partial charge in [-0.15, -0.1) is 11.6 Å². The van der Waals surface area contributed by atoms with E-state index in [1.807, 2.05) is 36.4 Å². The fourth-order valence-corrected chi connectivity index (χ4v) is 4.12. The lowest BCUT2D eigenvalue weighted by Crippen LogP contribution is -2.48. The molecule has 0 fully saturated rings. The smallest absolute Gasteiger partial charge is 0.266 e. The van der Waals surface area contributed by atoms with Crippen LogP contribution >= 0.6 is 23.2 Å². The van der Waals surface area contributed by atoms with Crippen LogP contribution in [0.1, 0.15) is 22.8 Å². The molecule has 2 aromatic carbocycles. The third kappa shape index (κ3) is 4.97. The minimum atomic E-state index is -1.02. The lowest BCUT2D eigenvalue weighted by atomic mass is 9.88. The van der Waals surface area contributed by atoms with Crippen LogP contribution < -0.4 is 15.8 Å². The Hall–Kier alpha value is -3.48. The summed E-state index contributed by atoms with van der Waals surface area (Å²) in [5.74, 6) is -0.0732. The molecule has 1 aliphatic carbocycles. The van der Waals surface area contributed by atoms with E-state index in [-0.39, 0.29) is 5.84 Å². The number of H-pyrrole nitrogens is 1. The Kier molecular flexibility index (Phi) is 6.58. The first-order valence-electron chi connectivity index (χ1n) is 10.2. The number of nitrogens with two attached hydrogens (primary N) is 1. The molecule has 0 saturated carbocycles. The van der Waals surface area contributed by atoms with E-state index in [2.05, 4.69) is 10.3 Å². The number of carbonyl (C=O) groups excluding carboxylic acids is 1. The number of carbonyl (C=O) groups is 1. The number of halogens is 2. The second-order valence-corrected chi connectivity index (χ2v) is 8.65. The van der Waals surface area contributed by atoms with Gasteiger partial charge in [0.1, 0.15) is 16.5 Å². The number of nitrogen functional groups attached to an aromatic ring is 1. The average Bonchev–Trinajstić information content (AvgIpc) is 3.36. The Morgan fingerprint density at radius 2 is 1.97 bits per heavy atom. The van der Waals surface area contributed by atoms with Gasteiger partial charge in [0.25, 0.3) is 5.91 Å². The van der Waals surface area contributed by atoms with Crippen molar-refractivity contribution in [2.24, 2.45) is 5.73 Å². The largest absolute Gasteiger partial charge is 0.476 e. The molecule has 1 amide bonds. The Balaban J connectivity index is 1.65. The molecule has 168 valence electrons. The second kappa shape index (κ2) is 9.57. The van der Waals surface area contributed by atoms with Crippen molar-refractivity contribution >= 4 is 34.9 Å². The quantitative estimate of drug-likeness (QED) is 0.223. The van der Waals surface area contributed by atoms with Gasteiger partial charge >= 0.3 is 0 Å². The molecular formula is C25H22Cl2N4O2. The molecule has 1 aliphatic rings. The van der Waals surface area contributed by atoms with Gasteiger partial charge in [-0.3, -0.25) is 10.2 Å². The fraction of sp³-hybridized carbons (Fsp3) is 0.120. The lowest BCUT2D eigenvalue weighted by molar-refractivity contribution is -0.128. The summed E-state index contributed by atoms with van der Waals surface area (Å²) in [6, 6.07) is 17.1. The SMILES string of the molecule is N=C(N)c1cccc(OC(C(=O)NC2C=C(Cl)C=CC2(Cl)c2cc[nH]c2)c2ccccc2)c1. The minimum absolute atomic E-state index is 0.0895. The van der Waals surface area contributed by atoms with E-state index in [4.69, 9.17) is 39.1 Å². The number of aromatic nitrogens is 1. The first-order chi connectivity index (χ1) is 15.9. The highest BCUT2D eigenvalue weighted by Crippen LogP contribution is 2.39. The molecular weight excluding hydrogens is 459 g/mol. The van der Waals surface area contributed by atoms with Crippen molar-refractivity contribution in [3.05, 3.63) is 113 Å². The normalized spacial score (nSPS) is 20.5. The summed E-state index contributed by atoms with van der Waals surface area (Å²) in [6.45, 7) is 0. The van der Waals surface area contributed by atoms with Gasteiger partial charge < -0.3 is 20.8 Å². The van der Waals surface area contributed by atoms with E-state index in [1.54, 1.807) is 54.9 Å². The average molecular weight is 481 g/mol. The maximum Gasteiger partial charge on any atom is 0.266 e. The van der Waals surface area contributed by atoms with Crippen LogP contribution in [0.4, 0.5) is 0 Å². The van der Waals surface area contributed by atoms with Gasteiger partial charge in [-0.1, -0.05) is 60.1 Å². The molecule has 3 aromatic rings. The molecule has 1 heterocycles. The van der Waals surface area contributed by atoms with Crippen molar-refractivity contribution in [2.75, 3.05) is 0 Å². The van der Waals surface area contributed by atoms with E-state index < -0.39 is 22.9 Å². The predicted octanol–water partition coefficient (Wildman–Crippen LogP) is 4.73. The standard InChI is InChI=1S/C25H22Cl2N4O2/c26-19-9-11-25(27,18-10-12-30-15-18)21(14-19)31-24(32)22(16-5-2-1-3-6-16)33-20-8-4-7-17(13-20)23(28)29/h1-15,21-22,30H,(H3,28,29)(H,31,32). The Bertz CT molecular complexity index is 1210. The molecule has 8 heteroatoms. The zero-order valence-electron chi connectivity index (χ0n) is 17.5. The first-order valence-corrected chi connectivity index (χ1v) is 11.0. The van der Waals surface area contributed by atoms with Crippen LogP contribution in [0.3, 0.4) is 0 Å². The van der Waals surface area contributed by atoms with Crippen LogP contribution in [0.25, 0.3) is 0 Å². The van der Waals surface area contributed by atoms with Gasteiger partial charge in [-0.2, -0.15) is 0 Å². The predicted molar refractivity (Wildman–Crippen MR) is 131 cm³/mol. The van der Waals surface area contributed by atoms with Crippen molar-refractivity contribution in [1.29, 1.82) is 5.41 Å². The number of amidine groups is 1. The maximum atomic E-state index is 13.5. The molecule has 0 spiro atoms. The topological polar surface area (TPSA) is 104 Å². The highest BCUT2D eigenvalue weighted by Gasteiger charge is 2.40. The molecule has 0 saturated heterocycles. The van der Waals surface area contributed by atoms with Crippen LogP contribution in [-0.2, 0) is 9.67 Å². The molecule has 4 rings (SSSR count).